The van der Waals surface area contributed by atoms with E-state index in [0.29, 0.717) is 0 Å². The zero-order valence-corrected chi connectivity index (χ0v) is 34.5. The molecule has 10 aromatic carbocycles. The lowest BCUT2D eigenvalue weighted by Crippen LogP contribution is -2.28. The number of nitrogens with zero attached hydrogens (tertiary/aromatic N) is 2. The van der Waals surface area contributed by atoms with E-state index in [0.717, 1.165) is 11.4 Å². The van der Waals surface area contributed by atoms with Crippen molar-refractivity contribution in [3.63, 3.8) is 0 Å². The Hall–Kier alpha value is -8.20. The number of hydrogen-bond donors (Lipinski definition) is 0. The Morgan fingerprint density at radius 3 is 0.844 bits per heavy atom. The van der Waals surface area contributed by atoms with Gasteiger partial charge >= 0.3 is 0 Å². The molecule has 1 aliphatic carbocycles. The number of benzene rings is 10. The summed E-state index contributed by atoms with van der Waals surface area (Å²) in [5, 5.41) is 5.10. The van der Waals surface area contributed by atoms with Gasteiger partial charge in [0.1, 0.15) is 0 Å². The lowest BCUT2D eigenvalue weighted by atomic mass is 9.67. The van der Waals surface area contributed by atoms with Crippen LogP contribution in [0.25, 0.3) is 88.4 Å². The lowest BCUT2D eigenvalue weighted by molar-refractivity contribution is 0.769. The van der Waals surface area contributed by atoms with Crippen molar-refractivity contribution in [3.05, 3.63) is 265 Å². The molecule has 13 rings (SSSR count). The predicted octanol–water partition coefficient (Wildman–Crippen LogP) is 16.2. The lowest BCUT2D eigenvalue weighted by Gasteiger charge is -2.34. The monoisotopic (exact) mass is 816 g/mol. The van der Waals surface area contributed by atoms with Gasteiger partial charge in [-0.2, -0.15) is 0 Å². The van der Waals surface area contributed by atoms with Crippen molar-refractivity contribution in [2.75, 3.05) is 0 Å². The van der Waals surface area contributed by atoms with Crippen LogP contribution in [0.1, 0.15) is 29.7 Å². The van der Waals surface area contributed by atoms with Gasteiger partial charge in [0.05, 0.1) is 27.5 Å². The van der Waals surface area contributed by atoms with E-state index in [1.165, 1.54) is 99.2 Å². The standard InChI is InChI=1S/C61H40N2.CH4/c1-7-19-55-49(13-1)50-14-2-8-20-56(50)61(55,45-33-25-41(26-34-45)43-29-37-47(38-30-43)62-57-21-9-3-15-51(57)52-16-4-10-22-58(52)62)46-35-27-42(28-36-46)44-31-39-48(40-32-44)63-59-23-11-5-17-53(59)54-18-6-12-24-60(54)63;/h1-40H;1H4. The van der Waals surface area contributed by atoms with E-state index in [1.54, 1.807) is 0 Å². The van der Waals surface area contributed by atoms with Gasteiger partial charge in [-0.15, -0.1) is 0 Å². The van der Waals surface area contributed by atoms with Crippen LogP contribution in [-0.2, 0) is 5.41 Å². The Morgan fingerprint density at radius 2 is 0.516 bits per heavy atom. The number of aromatic nitrogens is 2. The summed E-state index contributed by atoms with van der Waals surface area (Å²) < 4.78 is 4.76. The van der Waals surface area contributed by atoms with E-state index in [-0.39, 0.29) is 7.43 Å². The molecule has 2 nitrogen and oxygen atoms in total. The van der Waals surface area contributed by atoms with E-state index < -0.39 is 5.41 Å². The van der Waals surface area contributed by atoms with Gasteiger partial charge in [-0.25, -0.2) is 0 Å². The van der Waals surface area contributed by atoms with Crippen molar-refractivity contribution < 1.29 is 0 Å². The molecule has 64 heavy (non-hydrogen) atoms. The second-order valence-electron chi connectivity index (χ2n) is 16.8. The van der Waals surface area contributed by atoms with Crippen LogP contribution in [0.15, 0.2) is 243 Å². The Balaban J connectivity index is 0.00000433. The fraction of sp³-hybridized carbons (Fsp3) is 0.0323. The fourth-order valence-electron chi connectivity index (χ4n) is 10.9. The Labute approximate surface area is 373 Å². The van der Waals surface area contributed by atoms with Gasteiger partial charge in [0.2, 0.25) is 0 Å². The molecule has 0 atom stereocenters. The van der Waals surface area contributed by atoms with Crippen molar-refractivity contribution in [1.29, 1.82) is 0 Å². The van der Waals surface area contributed by atoms with Crippen molar-refractivity contribution in [2.45, 2.75) is 12.8 Å². The van der Waals surface area contributed by atoms with Crippen molar-refractivity contribution in [2.24, 2.45) is 0 Å². The van der Waals surface area contributed by atoms with Gasteiger partial charge in [-0.05, 0) is 104 Å². The molecule has 2 heteroatoms. The maximum absolute atomic E-state index is 2.38. The van der Waals surface area contributed by atoms with Gasteiger partial charge in [-0.1, -0.05) is 202 Å². The van der Waals surface area contributed by atoms with Gasteiger partial charge < -0.3 is 9.13 Å². The highest BCUT2D eigenvalue weighted by Crippen LogP contribution is 2.56. The summed E-state index contributed by atoms with van der Waals surface area (Å²) in [6, 6.07) is 89.5. The Bertz CT molecular complexity index is 3340. The first-order valence-corrected chi connectivity index (χ1v) is 21.8. The molecule has 302 valence electrons. The fourth-order valence-corrected chi connectivity index (χ4v) is 10.9. The number of para-hydroxylation sites is 4. The third-order valence-electron chi connectivity index (χ3n) is 13.7. The van der Waals surface area contributed by atoms with Gasteiger partial charge in [0.15, 0.2) is 0 Å². The summed E-state index contributed by atoms with van der Waals surface area (Å²) in [5.41, 5.74) is 19.2. The molecular weight excluding hydrogens is 773 g/mol. The predicted molar refractivity (Wildman–Crippen MR) is 270 cm³/mol. The smallest absolute Gasteiger partial charge is 0.0713 e. The topological polar surface area (TPSA) is 9.86 Å². The molecule has 0 spiro atoms. The van der Waals surface area contributed by atoms with Crippen molar-refractivity contribution in [1.82, 2.24) is 9.13 Å². The molecule has 0 unspecified atom stereocenters. The molecule has 12 aromatic rings. The molecule has 1 aliphatic rings. The summed E-state index contributed by atoms with van der Waals surface area (Å²) in [6.45, 7) is 0. The van der Waals surface area contributed by atoms with Crippen molar-refractivity contribution in [3.8, 4) is 44.8 Å². The largest absolute Gasteiger partial charge is 0.309 e. The maximum atomic E-state index is 2.38. The number of rotatable bonds is 6. The minimum atomic E-state index is -0.481. The molecule has 0 radical (unpaired) electrons. The first-order chi connectivity index (χ1) is 31.3. The normalized spacial score (nSPS) is 12.7. The van der Waals surface area contributed by atoms with E-state index in [1.807, 2.05) is 0 Å². The third-order valence-corrected chi connectivity index (χ3v) is 13.7. The van der Waals surface area contributed by atoms with E-state index in [2.05, 4.69) is 252 Å². The average molecular weight is 817 g/mol. The first-order valence-electron chi connectivity index (χ1n) is 21.8. The molecule has 0 amide bonds. The Kier molecular flexibility index (Phi) is 8.64. The van der Waals surface area contributed by atoms with E-state index in [4.69, 9.17) is 0 Å². The average Bonchev–Trinajstić information content (AvgIpc) is 3.99. The summed E-state index contributed by atoms with van der Waals surface area (Å²) in [5.74, 6) is 0. The van der Waals surface area contributed by atoms with E-state index in [9.17, 15) is 0 Å². The third kappa shape index (κ3) is 5.46. The van der Waals surface area contributed by atoms with Crippen LogP contribution in [0.2, 0.25) is 0 Å². The Morgan fingerprint density at radius 1 is 0.250 bits per heavy atom. The summed E-state index contributed by atoms with van der Waals surface area (Å²) in [4.78, 5) is 0. The quantitative estimate of drug-likeness (QED) is 0.158. The van der Waals surface area contributed by atoms with Crippen molar-refractivity contribution >= 4 is 43.6 Å². The maximum Gasteiger partial charge on any atom is 0.0713 e. The molecule has 0 saturated carbocycles. The van der Waals surface area contributed by atoms with Gasteiger partial charge in [0.25, 0.3) is 0 Å². The summed E-state index contributed by atoms with van der Waals surface area (Å²) in [7, 11) is 0. The zero-order chi connectivity index (χ0) is 41.5. The van der Waals surface area contributed by atoms with Crippen LogP contribution in [0, 0.1) is 0 Å². The second kappa shape index (κ2) is 14.7. The van der Waals surface area contributed by atoms with Gasteiger partial charge in [-0.3, -0.25) is 0 Å². The minimum Gasteiger partial charge on any atom is -0.309 e. The molecule has 0 fully saturated rings. The van der Waals surface area contributed by atoms with Gasteiger partial charge in [0, 0.05) is 32.9 Å². The van der Waals surface area contributed by atoms with Crippen LogP contribution in [-0.4, -0.2) is 9.13 Å². The van der Waals surface area contributed by atoms with Crippen LogP contribution >= 0.6 is 0 Å². The molecule has 2 heterocycles. The molecule has 0 N–H and O–H groups in total. The van der Waals surface area contributed by atoms with E-state index >= 15 is 0 Å². The minimum absolute atomic E-state index is 0. The second-order valence-corrected chi connectivity index (χ2v) is 16.8. The van der Waals surface area contributed by atoms with Crippen LogP contribution < -0.4 is 0 Å². The summed E-state index contributed by atoms with van der Waals surface area (Å²) in [6.07, 6.45) is 0. The molecule has 0 saturated heterocycles. The van der Waals surface area contributed by atoms with Crippen LogP contribution in [0.5, 0.6) is 0 Å². The highest BCUT2D eigenvalue weighted by Gasteiger charge is 2.45. The highest BCUT2D eigenvalue weighted by molar-refractivity contribution is 6.10. The molecular formula is C62H44N2. The summed E-state index contributed by atoms with van der Waals surface area (Å²) >= 11 is 0. The zero-order valence-electron chi connectivity index (χ0n) is 34.5. The first kappa shape index (κ1) is 37.6. The molecule has 0 bridgehead atoms. The number of fused-ring (bicyclic) bond motifs is 9. The number of hydrogen-bond acceptors (Lipinski definition) is 0. The van der Waals surface area contributed by atoms with Crippen LogP contribution in [0.3, 0.4) is 0 Å². The molecule has 2 aromatic heterocycles. The molecule has 0 aliphatic heterocycles. The van der Waals surface area contributed by atoms with Crippen LogP contribution in [0.4, 0.5) is 0 Å². The SMILES string of the molecule is C.c1ccc2c(c1)-c1ccccc1C2(c1ccc(-c2ccc(-n3c4ccccc4c4ccccc43)cc2)cc1)c1ccc(-c2ccc(-n3c4ccccc4c4ccccc43)cc2)cc1. The highest BCUT2D eigenvalue weighted by atomic mass is 15.0.